The van der Waals surface area contributed by atoms with Crippen molar-refractivity contribution in [1.82, 2.24) is 0 Å². The van der Waals surface area contributed by atoms with Gasteiger partial charge in [0, 0.05) is 0 Å². The van der Waals surface area contributed by atoms with Crippen LogP contribution in [0.15, 0.2) is 0 Å². The summed E-state index contributed by atoms with van der Waals surface area (Å²) in [4.78, 5) is 0. The summed E-state index contributed by atoms with van der Waals surface area (Å²) >= 11 is 0. The predicted octanol–water partition coefficient (Wildman–Crippen LogP) is 3.51. The molecule has 1 nitrogen and oxygen atoms in total. The van der Waals surface area contributed by atoms with E-state index in [2.05, 4.69) is 20.8 Å². The Morgan fingerprint density at radius 1 is 1.00 bits per heavy atom. The fourth-order valence-electron chi connectivity index (χ4n) is 4.05. The summed E-state index contributed by atoms with van der Waals surface area (Å²) in [7, 11) is 0. The van der Waals surface area contributed by atoms with E-state index >= 15 is 0 Å². The van der Waals surface area contributed by atoms with E-state index in [1.807, 2.05) is 0 Å². The van der Waals surface area contributed by atoms with Crippen LogP contribution in [0.5, 0.6) is 0 Å². The predicted molar refractivity (Wildman–Crippen MR) is 59.2 cm³/mol. The Hall–Kier alpha value is -0.0400. The van der Waals surface area contributed by atoms with Crippen molar-refractivity contribution < 1.29 is 5.11 Å². The molecular formula is C13H24O. The molecule has 14 heavy (non-hydrogen) atoms. The van der Waals surface area contributed by atoms with Crippen molar-refractivity contribution in [2.45, 2.75) is 71.3 Å². The lowest BCUT2D eigenvalue weighted by atomic mass is 9.57. The molecule has 0 aromatic carbocycles. The minimum Gasteiger partial charge on any atom is -0.390 e. The molecule has 82 valence electrons. The van der Waals surface area contributed by atoms with E-state index in [9.17, 15) is 5.11 Å². The molecule has 0 aromatic heterocycles. The molecule has 2 aliphatic rings. The van der Waals surface area contributed by atoms with Gasteiger partial charge < -0.3 is 5.11 Å². The molecule has 0 atom stereocenters. The van der Waals surface area contributed by atoms with Crippen molar-refractivity contribution in [2.24, 2.45) is 10.8 Å². The average Bonchev–Trinajstić information content (AvgIpc) is 2.29. The molecule has 0 aliphatic heterocycles. The van der Waals surface area contributed by atoms with Crippen LogP contribution in [0.3, 0.4) is 0 Å². The van der Waals surface area contributed by atoms with Crippen LogP contribution in [0.4, 0.5) is 0 Å². The molecule has 1 N–H and O–H groups in total. The van der Waals surface area contributed by atoms with Gasteiger partial charge in [-0.3, -0.25) is 0 Å². The Kier molecular flexibility index (Phi) is 2.23. The summed E-state index contributed by atoms with van der Waals surface area (Å²) in [5.41, 5.74) is 0.525. The van der Waals surface area contributed by atoms with E-state index < -0.39 is 0 Å². The maximum Gasteiger partial charge on any atom is 0.0663 e. The summed E-state index contributed by atoms with van der Waals surface area (Å²) in [5.74, 6) is 0. The van der Waals surface area contributed by atoms with Crippen molar-refractivity contribution in [1.29, 1.82) is 0 Å². The van der Waals surface area contributed by atoms with E-state index in [1.165, 1.54) is 25.7 Å². The molecule has 0 bridgehead atoms. The second-order valence-electron chi connectivity index (χ2n) is 6.94. The molecule has 0 amide bonds. The average molecular weight is 196 g/mol. The molecular weight excluding hydrogens is 172 g/mol. The van der Waals surface area contributed by atoms with E-state index in [4.69, 9.17) is 0 Å². The van der Waals surface area contributed by atoms with Crippen molar-refractivity contribution >= 4 is 0 Å². The number of aliphatic hydroxyl groups is 1. The highest BCUT2D eigenvalue weighted by molar-refractivity contribution is 5.03. The van der Waals surface area contributed by atoms with E-state index in [0.717, 1.165) is 19.3 Å². The topological polar surface area (TPSA) is 20.2 Å². The van der Waals surface area contributed by atoms with Crippen LogP contribution in [0.25, 0.3) is 0 Å². The molecule has 0 radical (unpaired) electrons. The Morgan fingerprint density at radius 3 is 1.93 bits per heavy atom. The van der Waals surface area contributed by atoms with Crippen LogP contribution in [-0.2, 0) is 0 Å². The van der Waals surface area contributed by atoms with E-state index in [-0.39, 0.29) is 5.60 Å². The monoisotopic (exact) mass is 196 g/mol. The third-order valence-corrected chi connectivity index (χ3v) is 4.18. The van der Waals surface area contributed by atoms with Gasteiger partial charge in [-0.05, 0) is 42.9 Å². The number of rotatable bonds is 2. The van der Waals surface area contributed by atoms with Crippen LogP contribution >= 0.6 is 0 Å². The van der Waals surface area contributed by atoms with Gasteiger partial charge in [0.2, 0.25) is 0 Å². The maximum absolute atomic E-state index is 10.4. The second-order valence-corrected chi connectivity index (χ2v) is 6.94. The first-order valence-electron chi connectivity index (χ1n) is 6.05. The Labute approximate surface area is 87.9 Å². The van der Waals surface area contributed by atoms with Gasteiger partial charge in [0.25, 0.3) is 0 Å². The van der Waals surface area contributed by atoms with Crippen LogP contribution in [0.2, 0.25) is 0 Å². The largest absolute Gasteiger partial charge is 0.390 e. The highest BCUT2D eigenvalue weighted by Gasteiger charge is 2.51. The van der Waals surface area contributed by atoms with Gasteiger partial charge in [-0.25, -0.2) is 0 Å². The zero-order valence-electron chi connectivity index (χ0n) is 9.90. The first-order chi connectivity index (χ1) is 6.33. The molecule has 0 heterocycles. The lowest BCUT2D eigenvalue weighted by Crippen LogP contribution is -2.51. The minimum atomic E-state index is -0.317. The van der Waals surface area contributed by atoms with Gasteiger partial charge in [0.15, 0.2) is 0 Å². The molecule has 0 unspecified atom stereocenters. The molecule has 2 rings (SSSR count). The smallest absolute Gasteiger partial charge is 0.0663 e. The van der Waals surface area contributed by atoms with Crippen LogP contribution < -0.4 is 0 Å². The normalized spacial score (nSPS) is 32.6. The molecule has 2 aliphatic carbocycles. The number of hydrogen-bond donors (Lipinski definition) is 1. The van der Waals surface area contributed by atoms with Crippen LogP contribution in [0, 0.1) is 10.8 Å². The molecule has 0 aromatic rings. The first kappa shape index (κ1) is 10.5. The minimum absolute atomic E-state index is 0.317. The third kappa shape index (κ3) is 1.98. The fourth-order valence-corrected chi connectivity index (χ4v) is 4.05. The van der Waals surface area contributed by atoms with E-state index in [1.54, 1.807) is 0 Å². The lowest BCUT2D eigenvalue weighted by molar-refractivity contribution is -0.135. The van der Waals surface area contributed by atoms with Gasteiger partial charge in [-0.15, -0.1) is 0 Å². The van der Waals surface area contributed by atoms with Crippen LogP contribution in [-0.4, -0.2) is 10.7 Å². The first-order valence-corrected chi connectivity index (χ1v) is 6.05. The van der Waals surface area contributed by atoms with Gasteiger partial charge in [-0.1, -0.05) is 33.6 Å². The Bertz CT molecular complexity index is 215. The Balaban J connectivity index is 1.92. The zero-order valence-corrected chi connectivity index (χ0v) is 9.90. The Morgan fingerprint density at radius 2 is 1.50 bits per heavy atom. The summed E-state index contributed by atoms with van der Waals surface area (Å²) in [6, 6.07) is 0. The quantitative estimate of drug-likeness (QED) is 0.716. The molecule has 0 saturated heterocycles. The highest BCUT2D eigenvalue weighted by atomic mass is 16.3. The maximum atomic E-state index is 10.4. The molecule has 2 fully saturated rings. The van der Waals surface area contributed by atoms with Gasteiger partial charge in [-0.2, -0.15) is 0 Å². The number of hydrogen-bond acceptors (Lipinski definition) is 1. The van der Waals surface area contributed by atoms with Gasteiger partial charge in [0.1, 0.15) is 0 Å². The summed E-state index contributed by atoms with van der Waals surface area (Å²) in [6.45, 7) is 6.89. The van der Waals surface area contributed by atoms with Gasteiger partial charge in [0.05, 0.1) is 5.60 Å². The lowest BCUT2D eigenvalue weighted by Gasteiger charge is -2.52. The highest BCUT2D eigenvalue weighted by Crippen LogP contribution is 2.55. The van der Waals surface area contributed by atoms with Crippen molar-refractivity contribution in [3.05, 3.63) is 0 Å². The molecule has 0 spiro atoms. The molecule has 2 saturated carbocycles. The molecule has 1 heteroatoms. The van der Waals surface area contributed by atoms with Crippen molar-refractivity contribution in [2.75, 3.05) is 0 Å². The zero-order chi connectivity index (χ0) is 10.4. The SMILES string of the molecule is CC1(C)CC(O)(CC2(C)CCCC2)C1. The third-order valence-electron chi connectivity index (χ3n) is 4.18. The van der Waals surface area contributed by atoms with Crippen molar-refractivity contribution in [3.8, 4) is 0 Å². The standard InChI is InChI=1S/C13H24O/c1-11(2)8-13(14,9-11)10-12(3)6-4-5-7-12/h14H,4-10H2,1-3H3. The summed E-state index contributed by atoms with van der Waals surface area (Å²) in [5, 5.41) is 10.4. The second kappa shape index (κ2) is 2.98. The summed E-state index contributed by atoms with van der Waals surface area (Å²) < 4.78 is 0. The fraction of sp³-hybridized carbons (Fsp3) is 1.00. The van der Waals surface area contributed by atoms with Gasteiger partial charge >= 0.3 is 0 Å². The van der Waals surface area contributed by atoms with Crippen molar-refractivity contribution in [3.63, 3.8) is 0 Å². The van der Waals surface area contributed by atoms with Crippen LogP contribution in [0.1, 0.15) is 65.7 Å². The summed E-state index contributed by atoms with van der Waals surface area (Å²) in [6.07, 6.45) is 8.46. The van der Waals surface area contributed by atoms with E-state index in [0.29, 0.717) is 10.8 Å².